The van der Waals surface area contributed by atoms with Gasteiger partial charge < -0.3 is 23.9 Å². The number of nitrogens with one attached hydrogen (secondary N) is 1. The summed E-state index contributed by atoms with van der Waals surface area (Å²) in [4.78, 5) is 38.5. The number of rotatable bonds is 5. The largest absolute Gasteiger partial charge is 0.491 e. The monoisotopic (exact) mass is 381 g/mol. The third-order valence-electron chi connectivity index (χ3n) is 4.75. The van der Waals surface area contributed by atoms with Gasteiger partial charge in [-0.2, -0.15) is 0 Å². The predicted octanol–water partition coefficient (Wildman–Crippen LogP) is 1.49. The van der Waals surface area contributed by atoms with Gasteiger partial charge in [-0.1, -0.05) is 18.2 Å². The molecule has 144 valence electrons. The van der Waals surface area contributed by atoms with E-state index in [4.69, 9.17) is 9.15 Å². The molecule has 0 atom stereocenters. The second-order valence-electron chi connectivity index (χ2n) is 6.48. The molecule has 1 aliphatic rings. The van der Waals surface area contributed by atoms with Crippen LogP contribution in [0.1, 0.15) is 21.0 Å². The number of aromatic nitrogens is 1. The molecule has 2 aromatic heterocycles. The van der Waals surface area contributed by atoms with Crippen molar-refractivity contribution >= 4 is 22.8 Å². The van der Waals surface area contributed by atoms with Crippen molar-refractivity contribution in [2.24, 2.45) is 0 Å². The van der Waals surface area contributed by atoms with Crippen LogP contribution in [0.15, 0.2) is 51.8 Å². The van der Waals surface area contributed by atoms with Crippen molar-refractivity contribution in [3.63, 3.8) is 0 Å². The van der Waals surface area contributed by atoms with E-state index in [0.717, 1.165) is 5.39 Å². The highest BCUT2D eigenvalue weighted by Crippen LogP contribution is 2.18. The summed E-state index contributed by atoms with van der Waals surface area (Å²) in [5, 5.41) is 3.62. The lowest BCUT2D eigenvalue weighted by atomic mass is 10.2. The van der Waals surface area contributed by atoms with E-state index >= 15 is 0 Å². The van der Waals surface area contributed by atoms with Crippen molar-refractivity contribution in [1.82, 2.24) is 14.8 Å². The summed E-state index contributed by atoms with van der Waals surface area (Å²) in [6, 6.07) is 10.4. The summed E-state index contributed by atoms with van der Waals surface area (Å²) in [5.74, 6) is -0.135. The van der Waals surface area contributed by atoms with Gasteiger partial charge in [-0.3, -0.25) is 14.4 Å². The quantitative estimate of drug-likeness (QED) is 0.723. The van der Waals surface area contributed by atoms with Crippen molar-refractivity contribution in [3.05, 3.63) is 64.3 Å². The molecule has 1 aliphatic heterocycles. The van der Waals surface area contributed by atoms with Crippen LogP contribution in [-0.2, 0) is 6.54 Å². The fourth-order valence-electron chi connectivity index (χ4n) is 3.27. The zero-order valence-corrected chi connectivity index (χ0v) is 15.3. The summed E-state index contributed by atoms with van der Waals surface area (Å²) in [5.41, 5.74) is 0.638. The summed E-state index contributed by atoms with van der Waals surface area (Å²) in [6.07, 6.45) is 1.55. The molecule has 0 unspecified atom stereocenters. The minimum Gasteiger partial charge on any atom is -0.491 e. The number of ether oxygens (including phenoxy) is 1. The van der Waals surface area contributed by atoms with Crippen LogP contribution in [0.2, 0.25) is 0 Å². The van der Waals surface area contributed by atoms with Crippen LogP contribution in [0.4, 0.5) is 0 Å². The number of hydrogen-bond acceptors (Lipinski definition) is 5. The molecule has 0 fully saturated rings. The van der Waals surface area contributed by atoms with Gasteiger partial charge in [0.2, 0.25) is 5.43 Å². The van der Waals surface area contributed by atoms with Crippen LogP contribution < -0.4 is 15.5 Å². The molecule has 0 spiro atoms. The molecule has 0 aliphatic carbocycles. The van der Waals surface area contributed by atoms with Crippen LogP contribution in [0.25, 0.3) is 11.0 Å². The number of benzene rings is 1. The number of methoxy groups -OCH3 is 1. The Morgan fingerprint density at radius 2 is 2.04 bits per heavy atom. The summed E-state index contributed by atoms with van der Waals surface area (Å²) >= 11 is 0. The first-order valence-electron chi connectivity index (χ1n) is 8.91. The van der Waals surface area contributed by atoms with Crippen molar-refractivity contribution in [3.8, 4) is 5.75 Å². The maximum absolute atomic E-state index is 12.6. The second kappa shape index (κ2) is 7.22. The van der Waals surface area contributed by atoms with Gasteiger partial charge in [0.05, 0.1) is 13.3 Å². The van der Waals surface area contributed by atoms with Crippen LogP contribution in [0, 0.1) is 0 Å². The Bertz CT molecular complexity index is 1080. The highest BCUT2D eigenvalue weighted by molar-refractivity contribution is 5.96. The van der Waals surface area contributed by atoms with Gasteiger partial charge in [0, 0.05) is 37.6 Å². The molecule has 3 aromatic rings. The number of nitrogens with zero attached hydrogens (tertiary/aromatic N) is 2. The lowest BCUT2D eigenvalue weighted by Gasteiger charge is -2.30. The van der Waals surface area contributed by atoms with Gasteiger partial charge in [0.25, 0.3) is 11.8 Å². The van der Waals surface area contributed by atoms with Gasteiger partial charge in [-0.05, 0) is 12.1 Å². The molecule has 4 rings (SSSR count). The van der Waals surface area contributed by atoms with Gasteiger partial charge >= 0.3 is 0 Å². The molecule has 0 bridgehead atoms. The van der Waals surface area contributed by atoms with Crippen molar-refractivity contribution in [2.45, 2.75) is 6.54 Å². The Hall–Kier alpha value is -3.55. The van der Waals surface area contributed by atoms with Crippen LogP contribution in [0.3, 0.4) is 0 Å². The molecule has 1 N–H and O–H groups in total. The first kappa shape index (κ1) is 17.8. The molecule has 8 heteroatoms. The lowest BCUT2D eigenvalue weighted by Crippen LogP contribution is -2.45. The highest BCUT2D eigenvalue weighted by atomic mass is 16.5. The second-order valence-corrected chi connectivity index (χ2v) is 6.48. The third-order valence-corrected chi connectivity index (χ3v) is 4.75. The van der Waals surface area contributed by atoms with E-state index in [1.165, 1.54) is 13.2 Å². The Morgan fingerprint density at radius 1 is 1.21 bits per heavy atom. The summed E-state index contributed by atoms with van der Waals surface area (Å²) < 4.78 is 12.3. The molecule has 8 nitrogen and oxygen atoms in total. The fraction of sp³-hybridized carbons (Fsp3) is 0.250. The van der Waals surface area contributed by atoms with E-state index in [2.05, 4.69) is 5.32 Å². The topological polar surface area (TPSA) is 93.8 Å². The number of furan rings is 1. The zero-order valence-electron chi connectivity index (χ0n) is 15.3. The number of carbonyl (C=O) groups is 2. The number of hydrogen-bond donors (Lipinski definition) is 1. The molecule has 0 radical (unpaired) electrons. The number of para-hydroxylation sites is 1. The Balaban J connectivity index is 1.39. The van der Waals surface area contributed by atoms with E-state index < -0.39 is 0 Å². The number of pyridine rings is 1. The SMILES string of the molecule is COc1cn2c(cc1=O)C(=O)N(CCNC(=O)c1cc3ccccc3o1)CC2. The Kier molecular flexibility index (Phi) is 4.60. The van der Waals surface area contributed by atoms with Gasteiger partial charge in [-0.25, -0.2) is 0 Å². The van der Waals surface area contributed by atoms with Gasteiger partial charge in [0.15, 0.2) is 11.5 Å². The minimum atomic E-state index is -0.331. The van der Waals surface area contributed by atoms with Crippen molar-refractivity contribution in [2.75, 3.05) is 26.7 Å². The summed E-state index contributed by atoms with van der Waals surface area (Å²) in [6.45, 7) is 1.65. The van der Waals surface area contributed by atoms with E-state index in [0.29, 0.717) is 30.9 Å². The minimum absolute atomic E-state index is 0.211. The van der Waals surface area contributed by atoms with Crippen LogP contribution >= 0.6 is 0 Å². The van der Waals surface area contributed by atoms with Crippen molar-refractivity contribution < 1.29 is 18.7 Å². The van der Waals surface area contributed by atoms with Crippen LogP contribution in [-0.4, -0.2) is 48.0 Å². The average Bonchev–Trinajstić information content (AvgIpc) is 3.14. The fourth-order valence-corrected chi connectivity index (χ4v) is 3.27. The number of carbonyl (C=O) groups excluding carboxylic acids is 2. The number of fused-ring (bicyclic) bond motifs is 2. The molecule has 0 saturated carbocycles. The first-order valence-corrected chi connectivity index (χ1v) is 8.91. The maximum atomic E-state index is 12.6. The zero-order chi connectivity index (χ0) is 19.7. The molecule has 2 amide bonds. The molecular weight excluding hydrogens is 362 g/mol. The highest BCUT2D eigenvalue weighted by Gasteiger charge is 2.25. The molecule has 0 saturated heterocycles. The molecule has 28 heavy (non-hydrogen) atoms. The van der Waals surface area contributed by atoms with Gasteiger partial charge in [0.1, 0.15) is 11.3 Å². The Morgan fingerprint density at radius 3 is 2.82 bits per heavy atom. The van der Waals surface area contributed by atoms with Crippen molar-refractivity contribution in [1.29, 1.82) is 0 Å². The van der Waals surface area contributed by atoms with E-state index in [1.54, 1.807) is 27.8 Å². The van der Waals surface area contributed by atoms with E-state index in [-0.39, 0.29) is 35.3 Å². The normalized spacial score (nSPS) is 13.5. The lowest BCUT2D eigenvalue weighted by molar-refractivity contribution is 0.0695. The first-order chi connectivity index (χ1) is 13.6. The predicted molar refractivity (Wildman–Crippen MR) is 102 cm³/mol. The van der Waals surface area contributed by atoms with Gasteiger partial charge in [-0.15, -0.1) is 0 Å². The summed E-state index contributed by atoms with van der Waals surface area (Å²) in [7, 11) is 1.42. The standard InChI is InChI=1S/C20H19N3O5/c1-27-18-12-23-9-8-22(20(26)14(23)11-15(18)24)7-6-21-19(25)17-10-13-4-2-3-5-16(13)28-17/h2-5,10-12H,6-9H2,1H3,(H,21,25). The smallest absolute Gasteiger partial charge is 0.287 e. The molecule has 3 heterocycles. The van der Waals surface area contributed by atoms with E-state index in [9.17, 15) is 14.4 Å². The number of amides is 2. The van der Waals surface area contributed by atoms with E-state index in [1.807, 2.05) is 18.2 Å². The maximum Gasteiger partial charge on any atom is 0.287 e. The van der Waals surface area contributed by atoms with Crippen LogP contribution in [0.5, 0.6) is 5.75 Å². The Labute approximate surface area is 160 Å². The molecule has 1 aromatic carbocycles. The molecular formula is C20H19N3O5. The average molecular weight is 381 g/mol. The third kappa shape index (κ3) is 3.24.